The molecule has 0 fully saturated rings. The van der Waals surface area contributed by atoms with E-state index in [-0.39, 0.29) is 31.1 Å². The average Bonchev–Trinajstić information content (AvgIpc) is 3.47. The van der Waals surface area contributed by atoms with Crippen LogP contribution in [0.15, 0.2) is 134 Å². The fourth-order valence-corrected chi connectivity index (χ4v) is 9.36. The van der Waals surface area contributed by atoms with Gasteiger partial charge in [0.25, 0.3) is 0 Å². The molecule has 466 valence electrons. The van der Waals surface area contributed by atoms with Gasteiger partial charge in [-0.25, -0.2) is 0 Å². The van der Waals surface area contributed by atoms with Crippen molar-refractivity contribution in [3.05, 3.63) is 134 Å². The molecule has 0 aliphatic rings. The number of hydrogen-bond donors (Lipinski definition) is 0. The molecule has 1 unspecified atom stereocenters. The van der Waals surface area contributed by atoms with Gasteiger partial charge in [0.15, 0.2) is 6.10 Å². The Hall–Kier alpha value is -4.45. The molecule has 0 spiro atoms. The number of hydrogen-bond acceptors (Lipinski definition) is 6. The summed E-state index contributed by atoms with van der Waals surface area (Å²) in [5.41, 5.74) is 0. The van der Waals surface area contributed by atoms with E-state index in [0.717, 1.165) is 128 Å². The molecule has 6 heteroatoms. The van der Waals surface area contributed by atoms with Crippen molar-refractivity contribution in [2.24, 2.45) is 0 Å². The van der Waals surface area contributed by atoms with E-state index >= 15 is 0 Å². The van der Waals surface area contributed by atoms with Gasteiger partial charge in [0, 0.05) is 19.3 Å². The SMILES string of the molecule is CC/C=C\C/C=C\C/C=C\C/C=C\C/C=C\C/C=C\C/C=C\CCCCCCCCCCCCCC(=O)OCC(COC(=O)CCCCCCCCCC)OC(=O)CCCCCCCCCCCC/C=C\C/C=C\C/C=C\C/C=C\CC. The van der Waals surface area contributed by atoms with Gasteiger partial charge in [0.2, 0.25) is 0 Å². The van der Waals surface area contributed by atoms with E-state index in [1.807, 2.05) is 0 Å². The Morgan fingerprint density at radius 1 is 0.256 bits per heavy atom. The van der Waals surface area contributed by atoms with E-state index < -0.39 is 6.10 Å². The van der Waals surface area contributed by atoms with E-state index in [2.05, 4.69) is 154 Å². The third kappa shape index (κ3) is 66.4. The Morgan fingerprint density at radius 3 is 0.744 bits per heavy atom. The highest BCUT2D eigenvalue weighted by Crippen LogP contribution is 2.16. The molecule has 82 heavy (non-hydrogen) atoms. The molecule has 0 aliphatic heterocycles. The lowest BCUT2D eigenvalue weighted by atomic mass is 10.0. The lowest BCUT2D eigenvalue weighted by Crippen LogP contribution is -2.30. The zero-order valence-corrected chi connectivity index (χ0v) is 53.5. The maximum atomic E-state index is 12.9. The molecule has 0 heterocycles. The van der Waals surface area contributed by atoms with Gasteiger partial charge >= 0.3 is 17.9 Å². The number of carbonyl (C=O) groups is 3. The second-order valence-corrected chi connectivity index (χ2v) is 22.3. The lowest BCUT2D eigenvalue weighted by molar-refractivity contribution is -0.167. The van der Waals surface area contributed by atoms with Crippen molar-refractivity contribution >= 4 is 17.9 Å². The van der Waals surface area contributed by atoms with Crippen molar-refractivity contribution in [3.8, 4) is 0 Å². The molecule has 0 saturated carbocycles. The molecule has 0 aromatic heterocycles. The molecule has 0 amide bonds. The van der Waals surface area contributed by atoms with Crippen LogP contribution >= 0.6 is 0 Å². The fraction of sp³-hybridized carbons (Fsp3) is 0.671. The van der Waals surface area contributed by atoms with Crippen molar-refractivity contribution in [1.82, 2.24) is 0 Å². The van der Waals surface area contributed by atoms with Crippen molar-refractivity contribution in [2.45, 2.75) is 316 Å². The fourth-order valence-electron chi connectivity index (χ4n) is 9.36. The van der Waals surface area contributed by atoms with Crippen LogP contribution in [0.2, 0.25) is 0 Å². The summed E-state index contributed by atoms with van der Waals surface area (Å²) in [5, 5.41) is 0. The van der Waals surface area contributed by atoms with E-state index in [9.17, 15) is 14.4 Å². The van der Waals surface area contributed by atoms with Crippen LogP contribution in [0.1, 0.15) is 310 Å². The van der Waals surface area contributed by atoms with E-state index in [1.54, 1.807) is 0 Å². The first-order valence-electron chi connectivity index (χ1n) is 34.2. The van der Waals surface area contributed by atoms with Crippen LogP contribution in [-0.2, 0) is 28.6 Å². The minimum absolute atomic E-state index is 0.0804. The smallest absolute Gasteiger partial charge is 0.306 e. The highest BCUT2D eigenvalue weighted by molar-refractivity contribution is 5.71. The van der Waals surface area contributed by atoms with Crippen LogP contribution in [0.25, 0.3) is 0 Å². The second-order valence-electron chi connectivity index (χ2n) is 22.3. The zero-order valence-electron chi connectivity index (χ0n) is 53.5. The third-order valence-electron chi connectivity index (χ3n) is 14.4. The molecule has 0 aliphatic carbocycles. The Bertz CT molecular complexity index is 1730. The summed E-state index contributed by atoms with van der Waals surface area (Å²) in [5.74, 6) is -0.886. The van der Waals surface area contributed by atoms with Gasteiger partial charge in [0.05, 0.1) is 0 Å². The van der Waals surface area contributed by atoms with Gasteiger partial charge < -0.3 is 14.2 Å². The molecular weight excluding hydrogens is 1010 g/mol. The summed E-state index contributed by atoms with van der Waals surface area (Å²) in [6.07, 6.45) is 97.7. The molecule has 0 rings (SSSR count). The van der Waals surface area contributed by atoms with Crippen molar-refractivity contribution < 1.29 is 28.6 Å². The lowest BCUT2D eigenvalue weighted by Gasteiger charge is -2.18. The maximum absolute atomic E-state index is 12.9. The first kappa shape index (κ1) is 77.5. The first-order valence-corrected chi connectivity index (χ1v) is 34.2. The summed E-state index contributed by atoms with van der Waals surface area (Å²) in [6, 6.07) is 0. The molecule has 0 radical (unpaired) electrons. The topological polar surface area (TPSA) is 78.9 Å². The maximum Gasteiger partial charge on any atom is 0.306 e. The van der Waals surface area contributed by atoms with E-state index in [0.29, 0.717) is 19.3 Å². The largest absolute Gasteiger partial charge is 0.462 e. The third-order valence-corrected chi connectivity index (χ3v) is 14.4. The van der Waals surface area contributed by atoms with E-state index in [4.69, 9.17) is 14.2 Å². The Morgan fingerprint density at radius 2 is 0.476 bits per heavy atom. The summed E-state index contributed by atoms with van der Waals surface area (Å²) < 4.78 is 16.9. The number of allylic oxidation sites excluding steroid dienone is 22. The number of ether oxygens (including phenoxy) is 3. The summed E-state index contributed by atoms with van der Waals surface area (Å²) in [6.45, 7) is 6.40. The minimum Gasteiger partial charge on any atom is -0.462 e. The summed E-state index contributed by atoms with van der Waals surface area (Å²) in [7, 11) is 0. The van der Waals surface area contributed by atoms with Crippen molar-refractivity contribution in [1.29, 1.82) is 0 Å². The molecule has 0 N–H and O–H groups in total. The van der Waals surface area contributed by atoms with E-state index in [1.165, 1.54) is 141 Å². The Labute approximate surface area is 506 Å². The molecular formula is C76H126O6. The van der Waals surface area contributed by atoms with Crippen LogP contribution in [0.3, 0.4) is 0 Å². The minimum atomic E-state index is -0.783. The highest BCUT2D eigenvalue weighted by Gasteiger charge is 2.19. The molecule has 0 aromatic carbocycles. The molecule has 1 atom stereocenters. The zero-order chi connectivity index (χ0) is 59.2. The van der Waals surface area contributed by atoms with Crippen LogP contribution in [0, 0.1) is 0 Å². The predicted molar refractivity (Wildman–Crippen MR) is 357 cm³/mol. The number of carbonyl (C=O) groups excluding carboxylic acids is 3. The molecule has 0 saturated heterocycles. The molecule has 0 bridgehead atoms. The average molecular weight is 1140 g/mol. The van der Waals surface area contributed by atoms with Crippen LogP contribution in [0.5, 0.6) is 0 Å². The molecule has 0 aromatic rings. The van der Waals surface area contributed by atoms with Crippen LogP contribution < -0.4 is 0 Å². The number of esters is 3. The predicted octanol–water partition coefficient (Wildman–Crippen LogP) is 23.7. The standard InChI is InChI=1S/C76H126O6/c1-4-7-10-13-16-19-21-23-25-27-29-31-33-34-35-36-37-38-39-40-41-42-44-45-47-49-51-53-55-57-60-63-66-69-75(78)81-72-73(71-80-74(77)68-65-62-59-18-15-12-9-6-3)82-76(79)70-67-64-61-58-56-54-52-50-48-46-43-32-30-28-26-24-22-20-17-14-11-8-5-2/h7-8,10-11,16-17,19-20,23-26,29-32,34-35,37-38,40-41,73H,4-6,9,12-15,18,21-22,27-28,33,36,39,42-72H2,1-3H3/b10-7-,11-8-,19-16-,20-17-,25-23-,26-24-,31-29-,32-30-,35-34-,38-37-,41-40-. The number of unbranched alkanes of at least 4 members (excludes halogenated alkanes) is 28. The van der Waals surface area contributed by atoms with Gasteiger partial charge in [0.1, 0.15) is 13.2 Å². The Kier molecular flexibility index (Phi) is 65.3. The summed E-state index contributed by atoms with van der Waals surface area (Å²) in [4.78, 5) is 38.2. The van der Waals surface area contributed by atoms with Gasteiger partial charge in [-0.1, -0.05) is 309 Å². The monoisotopic (exact) mass is 1130 g/mol. The van der Waals surface area contributed by atoms with Crippen LogP contribution in [0.4, 0.5) is 0 Å². The first-order chi connectivity index (χ1) is 40.5. The van der Waals surface area contributed by atoms with Gasteiger partial charge in [-0.05, 0) is 116 Å². The summed E-state index contributed by atoms with van der Waals surface area (Å²) >= 11 is 0. The van der Waals surface area contributed by atoms with Gasteiger partial charge in [-0.3, -0.25) is 14.4 Å². The second kappa shape index (κ2) is 69.0. The Balaban J connectivity index is 4.15. The molecule has 6 nitrogen and oxygen atoms in total. The quantitative estimate of drug-likeness (QED) is 0.0261. The highest BCUT2D eigenvalue weighted by atomic mass is 16.6. The normalized spacial score (nSPS) is 13.0. The van der Waals surface area contributed by atoms with Crippen molar-refractivity contribution in [2.75, 3.05) is 13.2 Å². The van der Waals surface area contributed by atoms with Gasteiger partial charge in [-0.2, -0.15) is 0 Å². The number of rotatable bonds is 61. The van der Waals surface area contributed by atoms with Crippen molar-refractivity contribution in [3.63, 3.8) is 0 Å². The van der Waals surface area contributed by atoms with Gasteiger partial charge in [-0.15, -0.1) is 0 Å². The van der Waals surface area contributed by atoms with Crippen LogP contribution in [-0.4, -0.2) is 37.2 Å².